The third kappa shape index (κ3) is 3.35. The first-order valence-corrected chi connectivity index (χ1v) is 6.62. The van der Waals surface area contributed by atoms with Crippen LogP contribution in [-0.2, 0) is 0 Å². The van der Waals surface area contributed by atoms with E-state index in [2.05, 4.69) is 34.6 Å². The van der Waals surface area contributed by atoms with Crippen LogP contribution in [0.2, 0.25) is 5.02 Å². The van der Waals surface area contributed by atoms with Gasteiger partial charge in [0.1, 0.15) is 5.02 Å². The number of anilines is 1. The SMILES string of the molecule is CCC(CNc1cn[nH]c(=O)c1Cl)c1ccccc1. The molecule has 0 saturated heterocycles. The Morgan fingerprint density at radius 3 is 2.79 bits per heavy atom. The van der Waals surface area contributed by atoms with Crippen molar-refractivity contribution in [2.75, 3.05) is 11.9 Å². The fourth-order valence-electron chi connectivity index (χ4n) is 1.96. The van der Waals surface area contributed by atoms with Crippen molar-refractivity contribution in [3.8, 4) is 0 Å². The molecular formula is C14H16ClN3O. The van der Waals surface area contributed by atoms with E-state index in [0.717, 1.165) is 6.42 Å². The predicted molar refractivity (Wildman–Crippen MR) is 77.8 cm³/mol. The van der Waals surface area contributed by atoms with Crippen LogP contribution in [0.25, 0.3) is 0 Å². The highest BCUT2D eigenvalue weighted by Gasteiger charge is 2.10. The summed E-state index contributed by atoms with van der Waals surface area (Å²) in [6.07, 6.45) is 2.53. The molecule has 1 aromatic heterocycles. The number of rotatable bonds is 5. The van der Waals surface area contributed by atoms with Crippen molar-refractivity contribution >= 4 is 17.3 Å². The summed E-state index contributed by atoms with van der Waals surface area (Å²) in [7, 11) is 0. The quantitative estimate of drug-likeness (QED) is 0.883. The molecule has 0 aliphatic carbocycles. The number of aromatic amines is 1. The summed E-state index contributed by atoms with van der Waals surface area (Å²) in [6, 6.07) is 10.3. The van der Waals surface area contributed by atoms with Gasteiger partial charge in [0.15, 0.2) is 0 Å². The van der Waals surface area contributed by atoms with Crippen molar-refractivity contribution in [2.24, 2.45) is 0 Å². The van der Waals surface area contributed by atoms with Crippen LogP contribution in [0.4, 0.5) is 5.69 Å². The summed E-state index contributed by atoms with van der Waals surface area (Å²) in [6.45, 7) is 2.85. The van der Waals surface area contributed by atoms with Crippen LogP contribution < -0.4 is 10.9 Å². The standard InChI is InChI=1S/C14H16ClN3O/c1-2-10(11-6-4-3-5-7-11)8-16-12-9-17-18-14(19)13(12)15/h3-7,9-10H,2,8H2,1H3,(H2,16,18,19). The van der Waals surface area contributed by atoms with Gasteiger partial charge in [-0.25, -0.2) is 5.10 Å². The molecule has 100 valence electrons. The van der Waals surface area contributed by atoms with E-state index in [4.69, 9.17) is 11.6 Å². The highest BCUT2D eigenvalue weighted by molar-refractivity contribution is 6.32. The van der Waals surface area contributed by atoms with E-state index in [-0.39, 0.29) is 10.6 Å². The molecule has 1 atom stereocenters. The summed E-state index contributed by atoms with van der Waals surface area (Å²) in [4.78, 5) is 11.3. The van der Waals surface area contributed by atoms with Crippen LogP contribution in [-0.4, -0.2) is 16.7 Å². The van der Waals surface area contributed by atoms with Crippen molar-refractivity contribution in [3.05, 3.63) is 57.5 Å². The van der Waals surface area contributed by atoms with Gasteiger partial charge in [-0.05, 0) is 12.0 Å². The highest BCUT2D eigenvalue weighted by atomic mass is 35.5. The van der Waals surface area contributed by atoms with Crippen LogP contribution in [0.5, 0.6) is 0 Å². The molecule has 1 aromatic carbocycles. The fourth-order valence-corrected chi connectivity index (χ4v) is 2.12. The molecule has 0 fully saturated rings. The largest absolute Gasteiger partial charge is 0.382 e. The molecule has 4 nitrogen and oxygen atoms in total. The third-order valence-electron chi connectivity index (χ3n) is 3.10. The molecule has 0 amide bonds. The average Bonchev–Trinajstić information content (AvgIpc) is 2.45. The van der Waals surface area contributed by atoms with Crippen molar-refractivity contribution in [2.45, 2.75) is 19.3 Å². The van der Waals surface area contributed by atoms with E-state index < -0.39 is 0 Å². The van der Waals surface area contributed by atoms with Gasteiger partial charge in [0.2, 0.25) is 0 Å². The molecule has 0 spiro atoms. The lowest BCUT2D eigenvalue weighted by atomic mass is 9.96. The number of hydrogen-bond donors (Lipinski definition) is 2. The lowest BCUT2D eigenvalue weighted by molar-refractivity contribution is 0.694. The number of nitrogens with one attached hydrogen (secondary N) is 2. The summed E-state index contributed by atoms with van der Waals surface area (Å²) >= 11 is 5.92. The maximum atomic E-state index is 11.3. The van der Waals surface area contributed by atoms with E-state index in [1.807, 2.05) is 18.2 Å². The van der Waals surface area contributed by atoms with Gasteiger partial charge in [0, 0.05) is 12.5 Å². The van der Waals surface area contributed by atoms with Gasteiger partial charge in [0.05, 0.1) is 11.9 Å². The molecule has 2 rings (SSSR count). The van der Waals surface area contributed by atoms with E-state index >= 15 is 0 Å². The Morgan fingerprint density at radius 1 is 1.37 bits per heavy atom. The van der Waals surface area contributed by atoms with Crippen LogP contribution in [0.15, 0.2) is 41.3 Å². The third-order valence-corrected chi connectivity index (χ3v) is 3.47. The molecule has 1 heterocycles. The fraction of sp³-hybridized carbons (Fsp3) is 0.286. The molecule has 0 saturated carbocycles. The van der Waals surface area contributed by atoms with Crippen LogP contribution in [0, 0.1) is 0 Å². The maximum Gasteiger partial charge on any atom is 0.285 e. The van der Waals surface area contributed by atoms with E-state index in [1.165, 1.54) is 11.8 Å². The van der Waals surface area contributed by atoms with Gasteiger partial charge in [-0.1, -0.05) is 48.9 Å². The normalized spacial score (nSPS) is 12.1. The van der Waals surface area contributed by atoms with Crippen LogP contribution in [0.1, 0.15) is 24.8 Å². The van der Waals surface area contributed by atoms with Gasteiger partial charge in [0.25, 0.3) is 5.56 Å². The molecule has 5 heteroatoms. The second kappa shape index (κ2) is 6.38. The maximum absolute atomic E-state index is 11.3. The highest BCUT2D eigenvalue weighted by Crippen LogP contribution is 2.21. The molecule has 2 aromatic rings. The lowest BCUT2D eigenvalue weighted by Gasteiger charge is -2.17. The molecule has 2 N–H and O–H groups in total. The summed E-state index contributed by atoms with van der Waals surface area (Å²) in [5.41, 5.74) is 1.46. The van der Waals surface area contributed by atoms with Crippen molar-refractivity contribution in [3.63, 3.8) is 0 Å². The Hall–Kier alpha value is -1.81. The minimum absolute atomic E-state index is 0.151. The lowest BCUT2D eigenvalue weighted by Crippen LogP contribution is -2.16. The van der Waals surface area contributed by atoms with Gasteiger partial charge >= 0.3 is 0 Å². The number of halogens is 1. The average molecular weight is 278 g/mol. The summed E-state index contributed by atoms with van der Waals surface area (Å²) in [5.74, 6) is 0.372. The van der Waals surface area contributed by atoms with Crippen molar-refractivity contribution in [1.82, 2.24) is 10.2 Å². The molecule has 0 aliphatic heterocycles. The summed E-state index contributed by atoms with van der Waals surface area (Å²) < 4.78 is 0. The second-order valence-electron chi connectivity index (χ2n) is 4.32. The number of benzene rings is 1. The zero-order valence-corrected chi connectivity index (χ0v) is 11.4. The number of H-pyrrole nitrogens is 1. The number of hydrogen-bond acceptors (Lipinski definition) is 3. The first-order chi connectivity index (χ1) is 9.22. The number of aromatic nitrogens is 2. The van der Waals surface area contributed by atoms with E-state index in [9.17, 15) is 4.79 Å². The molecule has 0 bridgehead atoms. The van der Waals surface area contributed by atoms with Crippen molar-refractivity contribution in [1.29, 1.82) is 0 Å². The Balaban J connectivity index is 2.09. The molecule has 1 unspecified atom stereocenters. The van der Waals surface area contributed by atoms with Gasteiger partial charge < -0.3 is 5.32 Å². The molecule has 19 heavy (non-hydrogen) atoms. The monoisotopic (exact) mass is 277 g/mol. The second-order valence-corrected chi connectivity index (χ2v) is 4.70. The zero-order chi connectivity index (χ0) is 13.7. The van der Waals surface area contributed by atoms with Crippen LogP contribution >= 0.6 is 11.6 Å². The van der Waals surface area contributed by atoms with E-state index in [1.54, 1.807) is 0 Å². The summed E-state index contributed by atoms with van der Waals surface area (Å²) in [5, 5.41) is 9.37. The topological polar surface area (TPSA) is 57.8 Å². The Labute approximate surface area is 116 Å². The Morgan fingerprint density at radius 2 is 2.11 bits per heavy atom. The van der Waals surface area contributed by atoms with Crippen molar-refractivity contribution < 1.29 is 0 Å². The van der Waals surface area contributed by atoms with Gasteiger partial charge in [-0.3, -0.25) is 4.79 Å². The predicted octanol–water partition coefficient (Wildman–Crippen LogP) is 3.03. The zero-order valence-electron chi connectivity index (χ0n) is 10.7. The van der Waals surface area contributed by atoms with E-state index in [0.29, 0.717) is 18.2 Å². The first-order valence-electron chi connectivity index (χ1n) is 6.24. The molecule has 0 aliphatic rings. The van der Waals surface area contributed by atoms with Crippen LogP contribution in [0.3, 0.4) is 0 Å². The Kier molecular flexibility index (Phi) is 4.58. The molecular weight excluding hydrogens is 262 g/mol. The van der Waals surface area contributed by atoms with Gasteiger partial charge in [-0.2, -0.15) is 5.10 Å². The van der Waals surface area contributed by atoms with Gasteiger partial charge in [-0.15, -0.1) is 0 Å². The first kappa shape index (κ1) is 13.6. The number of nitrogens with zero attached hydrogens (tertiary/aromatic N) is 1. The minimum atomic E-state index is -0.376. The smallest absolute Gasteiger partial charge is 0.285 e. The minimum Gasteiger partial charge on any atom is -0.382 e. The molecule has 0 radical (unpaired) electrons. The Bertz CT molecular complexity index is 583.